The van der Waals surface area contributed by atoms with Crippen molar-refractivity contribution in [1.29, 1.82) is 0 Å². The van der Waals surface area contributed by atoms with Gasteiger partial charge < -0.3 is 20.3 Å². The van der Waals surface area contributed by atoms with Crippen molar-refractivity contribution in [1.82, 2.24) is 9.80 Å². The molecule has 0 aliphatic carbocycles. The molecule has 2 heterocycles. The SMILES string of the molecule is NCc1cccc(C(=O)N2CCO[C@@H](CN3CCCC3)[C@@H]2c2ccccc2)c1. The standard InChI is InChI=1S/C23H29N3O2/c24-16-18-7-6-10-20(15-18)23(27)26-13-14-28-21(17-25-11-4-5-12-25)22(26)19-8-2-1-3-9-19/h1-3,6-10,15,21-22H,4-5,11-14,16-17,24H2/t21-,22-/m0/s1. The quantitative estimate of drug-likeness (QED) is 0.868. The van der Waals surface area contributed by atoms with Crippen LogP contribution in [0.25, 0.3) is 0 Å². The molecule has 2 atom stereocenters. The van der Waals surface area contributed by atoms with E-state index in [0.29, 0.717) is 25.3 Å². The Morgan fingerprint density at radius 3 is 2.57 bits per heavy atom. The van der Waals surface area contributed by atoms with E-state index in [1.807, 2.05) is 47.4 Å². The van der Waals surface area contributed by atoms with Crippen molar-refractivity contribution in [2.24, 2.45) is 5.73 Å². The van der Waals surface area contributed by atoms with Gasteiger partial charge in [0.15, 0.2) is 0 Å². The van der Waals surface area contributed by atoms with Crippen LogP contribution in [0.1, 0.15) is 40.4 Å². The molecule has 2 aromatic carbocycles. The van der Waals surface area contributed by atoms with E-state index in [9.17, 15) is 4.79 Å². The van der Waals surface area contributed by atoms with Crippen molar-refractivity contribution in [2.75, 3.05) is 32.8 Å². The molecule has 0 aromatic heterocycles. The molecule has 28 heavy (non-hydrogen) atoms. The highest BCUT2D eigenvalue weighted by molar-refractivity contribution is 5.94. The summed E-state index contributed by atoms with van der Waals surface area (Å²) in [6, 6.07) is 17.9. The number of nitrogens with two attached hydrogens (primary N) is 1. The average Bonchev–Trinajstić information content (AvgIpc) is 3.27. The summed E-state index contributed by atoms with van der Waals surface area (Å²) >= 11 is 0. The van der Waals surface area contributed by atoms with Crippen LogP contribution in [0.2, 0.25) is 0 Å². The van der Waals surface area contributed by atoms with Crippen molar-refractivity contribution in [3.63, 3.8) is 0 Å². The lowest BCUT2D eigenvalue weighted by atomic mass is 9.96. The zero-order chi connectivity index (χ0) is 19.3. The molecule has 2 fully saturated rings. The van der Waals surface area contributed by atoms with Crippen LogP contribution in [-0.4, -0.2) is 54.6 Å². The highest BCUT2D eigenvalue weighted by Gasteiger charge is 2.37. The van der Waals surface area contributed by atoms with Crippen molar-refractivity contribution in [3.05, 3.63) is 71.3 Å². The molecule has 2 aromatic rings. The molecule has 2 aliphatic heterocycles. The average molecular weight is 380 g/mol. The molecule has 5 heteroatoms. The van der Waals surface area contributed by atoms with E-state index >= 15 is 0 Å². The lowest BCUT2D eigenvalue weighted by Gasteiger charge is -2.43. The lowest BCUT2D eigenvalue weighted by Crippen LogP contribution is -2.51. The fourth-order valence-electron chi connectivity index (χ4n) is 4.38. The second-order valence-electron chi connectivity index (χ2n) is 7.68. The molecule has 0 spiro atoms. The number of ether oxygens (including phenoxy) is 1. The van der Waals surface area contributed by atoms with Gasteiger partial charge in [0, 0.05) is 25.2 Å². The first-order chi connectivity index (χ1) is 13.8. The molecule has 148 valence electrons. The number of amides is 1. The molecule has 0 bridgehead atoms. The summed E-state index contributed by atoms with van der Waals surface area (Å²) in [6.45, 7) is 4.71. The van der Waals surface area contributed by atoms with E-state index in [1.54, 1.807) is 0 Å². The second kappa shape index (κ2) is 8.86. The maximum absolute atomic E-state index is 13.5. The number of rotatable bonds is 5. The Morgan fingerprint density at radius 1 is 1.04 bits per heavy atom. The number of morpholine rings is 1. The van der Waals surface area contributed by atoms with Gasteiger partial charge in [-0.05, 0) is 49.2 Å². The van der Waals surface area contributed by atoms with Gasteiger partial charge >= 0.3 is 0 Å². The van der Waals surface area contributed by atoms with Crippen LogP contribution >= 0.6 is 0 Å². The fourth-order valence-corrected chi connectivity index (χ4v) is 4.38. The summed E-state index contributed by atoms with van der Waals surface area (Å²) in [7, 11) is 0. The molecule has 0 saturated carbocycles. The summed E-state index contributed by atoms with van der Waals surface area (Å²) in [4.78, 5) is 17.9. The number of carbonyl (C=O) groups excluding carboxylic acids is 1. The van der Waals surface area contributed by atoms with Gasteiger partial charge in [0.1, 0.15) is 0 Å². The molecule has 4 rings (SSSR count). The molecular weight excluding hydrogens is 350 g/mol. The van der Waals surface area contributed by atoms with Crippen LogP contribution < -0.4 is 5.73 Å². The maximum Gasteiger partial charge on any atom is 0.254 e. The van der Waals surface area contributed by atoms with Crippen LogP contribution in [0.5, 0.6) is 0 Å². The summed E-state index contributed by atoms with van der Waals surface area (Å²) in [6.07, 6.45) is 2.48. The third-order valence-corrected chi connectivity index (χ3v) is 5.80. The Morgan fingerprint density at radius 2 is 1.82 bits per heavy atom. The number of likely N-dealkylation sites (tertiary alicyclic amines) is 1. The van der Waals surface area contributed by atoms with Gasteiger partial charge in [0.05, 0.1) is 18.8 Å². The summed E-state index contributed by atoms with van der Waals surface area (Å²) in [5, 5.41) is 0. The molecule has 2 saturated heterocycles. The molecule has 0 unspecified atom stereocenters. The highest BCUT2D eigenvalue weighted by Crippen LogP contribution is 2.32. The Hall–Kier alpha value is -2.21. The number of hydrogen-bond donors (Lipinski definition) is 1. The summed E-state index contributed by atoms with van der Waals surface area (Å²) in [5.74, 6) is 0.0545. The molecule has 2 N–H and O–H groups in total. The number of carbonyl (C=O) groups is 1. The molecule has 0 radical (unpaired) electrons. The summed E-state index contributed by atoms with van der Waals surface area (Å²) < 4.78 is 6.21. The first-order valence-corrected chi connectivity index (χ1v) is 10.2. The minimum absolute atomic E-state index is 0.0177. The molecule has 2 aliphatic rings. The first kappa shape index (κ1) is 19.1. The van der Waals surface area contributed by atoms with Crippen LogP contribution in [0.15, 0.2) is 54.6 Å². The predicted molar refractivity (Wildman–Crippen MR) is 110 cm³/mol. The Kier molecular flexibility index (Phi) is 6.05. The minimum Gasteiger partial charge on any atom is -0.373 e. The van der Waals surface area contributed by atoms with Crippen LogP contribution in [0.3, 0.4) is 0 Å². The van der Waals surface area contributed by atoms with Gasteiger partial charge in [0.25, 0.3) is 5.91 Å². The van der Waals surface area contributed by atoms with Gasteiger partial charge in [0.2, 0.25) is 0 Å². The van der Waals surface area contributed by atoms with E-state index in [1.165, 1.54) is 12.8 Å². The first-order valence-electron chi connectivity index (χ1n) is 10.2. The largest absolute Gasteiger partial charge is 0.373 e. The van der Waals surface area contributed by atoms with E-state index in [0.717, 1.165) is 30.8 Å². The normalized spacial score (nSPS) is 23.1. The highest BCUT2D eigenvalue weighted by atomic mass is 16.5. The zero-order valence-electron chi connectivity index (χ0n) is 16.3. The second-order valence-corrected chi connectivity index (χ2v) is 7.68. The topological polar surface area (TPSA) is 58.8 Å². The summed E-state index contributed by atoms with van der Waals surface area (Å²) in [5.41, 5.74) is 8.59. The van der Waals surface area contributed by atoms with E-state index in [-0.39, 0.29) is 18.1 Å². The predicted octanol–water partition coefficient (Wildman–Crippen LogP) is 2.82. The minimum atomic E-state index is -0.0791. The van der Waals surface area contributed by atoms with Crippen molar-refractivity contribution in [2.45, 2.75) is 31.5 Å². The number of benzene rings is 2. The van der Waals surface area contributed by atoms with Crippen molar-refractivity contribution < 1.29 is 9.53 Å². The maximum atomic E-state index is 13.5. The lowest BCUT2D eigenvalue weighted by molar-refractivity contribution is -0.0707. The number of hydrogen-bond acceptors (Lipinski definition) is 4. The van der Waals surface area contributed by atoms with Gasteiger partial charge in [-0.15, -0.1) is 0 Å². The van der Waals surface area contributed by atoms with Gasteiger partial charge in [-0.3, -0.25) is 4.79 Å². The third-order valence-electron chi connectivity index (χ3n) is 5.80. The van der Waals surface area contributed by atoms with Crippen molar-refractivity contribution in [3.8, 4) is 0 Å². The van der Waals surface area contributed by atoms with Crippen molar-refractivity contribution >= 4 is 5.91 Å². The monoisotopic (exact) mass is 379 g/mol. The van der Waals surface area contributed by atoms with Gasteiger partial charge in [-0.2, -0.15) is 0 Å². The molecular formula is C23H29N3O2. The Balaban J connectivity index is 1.64. The fraction of sp³-hybridized carbons (Fsp3) is 0.435. The Bertz CT molecular complexity index is 789. The van der Waals surface area contributed by atoms with Crippen LogP contribution in [0, 0.1) is 0 Å². The van der Waals surface area contributed by atoms with E-state index < -0.39 is 0 Å². The van der Waals surface area contributed by atoms with Crippen LogP contribution in [0.4, 0.5) is 0 Å². The van der Waals surface area contributed by atoms with E-state index in [2.05, 4.69) is 17.0 Å². The van der Waals surface area contributed by atoms with Gasteiger partial charge in [-0.25, -0.2) is 0 Å². The van der Waals surface area contributed by atoms with Crippen LogP contribution in [-0.2, 0) is 11.3 Å². The molecule has 1 amide bonds. The van der Waals surface area contributed by atoms with E-state index in [4.69, 9.17) is 10.5 Å². The smallest absolute Gasteiger partial charge is 0.254 e. The Labute approximate surface area is 167 Å². The van der Waals surface area contributed by atoms with Gasteiger partial charge in [-0.1, -0.05) is 42.5 Å². The number of nitrogens with zero attached hydrogens (tertiary/aromatic N) is 2. The zero-order valence-corrected chi connectivity index (χ0v) is 16.3. The third kappa shape index (κ3) is 4.12. The molecule has 5 nitrogen and oxygen atoms in total.